The number of hydrogen-bond acceptors (Lipinski definition) is 4. The summed E-state index contributed by atoms with van der Waals surface area (Å²) in [5.74, 6) is 0. The van der Waals surface area contributed by atoms with E-state index in [0.717, 1.165) is 18.7 Å². The third-order valence-corrected chi connectivity index (χ3v) is 3.52. The lowest BCUT2D eigenvalue weighted by molar-refractivity contribution is 0.449. The van der Waals surface area contributed by atoms with Crippen molar-refractivity contribution in [1.82, 2.24) is 25.1 Å². The minimum atomic E-state index is 0.393. The molecule has 94 valence electrons. The molecule has 0 saturated carbocycles. The van der Waals surface area contributed by atoms with Crippen LogP contribution in [0.2, 0.25) is 0 Å². The topological polar surface area (TPSA) is 55.6 Å². The van der Waals surface area contributed by atoms with Gasteiger partial charge in [0.15, 0.2) is 0 Å². The molecule has 0 aromatic carbocycles. The van der Waals surface area contributed by atoms with Gasteiger partial charge in [-0.25, -0.2) is 0 Å². The van der Waals surface area contributed by atoms with E-state index < -0.39 is 0 Å². The SMILES string of the molecule is Cn1ncc2c1CCCC2NCc1cnccn1. The van der Waals surface area contributed by atoms with Crippen LogP contribution in [-0.4, -0.2) is 19.7 Å². The molecule has 0 radical (unpaired) electrons. The van der Waals surface area contributed by atoms with Crippen LogP contribution in [0.5, 0.6) is 0 Å². The van der Waals surface area contributed by atoms with Crippen LogP contribution in [0.4, 0.5) is 0 Å². The molecule has 0 amide bonds. The molecule has 0 aliphatic heterocycles. The van der Waals surface area contributed by atoms with E-state index in [2.05, 4.69) is 20.4 Å². The van der Waals surface area contributed by atoms with E-state index in [4.69, 9.17) is 0 Å². The van der Waals surface area contributed by atoms with E-state index in [1.54, 1.807) is 18.6 Å². The lowest BCUT2D eigenvalue weighted by Gasteiger charge is -2.23. The van der Waals surface area contributed by atoms with Gasteiger partial charge in [0, 0.05) is 49.5 Å². The van der Waals surface area contributed by atoms with Gasteiger partial charge in [-0.3, -0.25) is 14.6 Å². The molecular formula is C13H17N5. The van der Waals surface area contributed by atoms with Gasteiger partial charge in [0.1, 0.15) is 0 Å². The highest BCUT2D eigenvalue weighted by Gasteiger charge is 2.22. The number of hydrogen-bond donors (Lipinski definition) is 1. The minimum absolute atomic E-state index is 0.393. The van der Waals surface area contributed by atoms with Gasteiger partial charge in [-0.05, 0) is 19.3 Å². The van der Waals surface area contributed by atoms with Crippen LogP contribution in [0.3, 0.4) is 0 Å². The predicted octanol–water partition coefficient (Wildman–Crippen LogP) is 1.38. The molecule has 1 aliphatic rings. The van der Waals surface area contributed by atoms with Gasteiger partial charge >= 0.3 is 0 Å². The van der Waals surface area contributed by atoms with Crippen LogP contribution in [0, 0.1) is 0 Å². The monoisotopic (exact) mass is 243 g/mol. The highest BCUT2D eigenvalue weighted by molar-refractivity contribution is 5.24. The quantitative estimate of drug-likeness (QED) is 0.884. The fraction of sp³-hybridized carbons (Fsp3) is 0.462. The maximum atomic E-state index is 4.35. The van der Waals surface area contributed by atoms with E-state index >= 15 is 0 Å². The summed E-state index contributed by atoms with van der Waals surface area (Å²) in [5, 5.41) is 7.90. The first kappa shape index (κ1) is 11.3. The Morgan fingerprint density at radius 3 is 3.17 bits per heavy atom. The number of aryl methyl sites for hydroxylation is 1. The molecule has 0 saturated heterocycles. The van der Waals surface area contributed by atoms with E-state index in [9.17, 15) is 0 Å². The fourth-order valence-corrected chi connectivity index (χ4v) is 2.57. The highest BCUT2D eigenvalue weighted by Crippen LogP contribution is 2.29. The molecule has 5 nitrogen and oxygen atoms in total. The number of fused-ring (bicyclic) bond motifs is 1. The second kappa shape index (κ2) is 4.86. The zero-order valence-corrected chi connectivity index (χ0v) is 10.5. The van der Waals surface area contributed by atoms with Crippen LogP contribution >= 0.6 is 0 Å². The highest BCUT2D eigenvalue weighted by atomic mass is 15.3. The smallest absolute Gasteiger partial charge is 0.0724 e. The summed E-state index contributed by atoms with van der Waals surface area (Å²) < 4.78 is 1.99. The lowest BCUT2D eigenvalue weighted by Crippen LogP contribution is -2.25. The Kier molecular flexibility index (Phi) is 3.06. The molecule has 3 rings (SSSR count). The van der Waals surface area contributed by atoms with E-state index in [-0.39, 0.29) is 0 Å². The van der Waals surface area contributed by atoms with Gasteiger partial charge in [0.05, 0.1) is 11.9 Å². The number of rotatable bonds is 3. The van der Waals surface area contributed by atoms with Crippen LogP contribution in [0.15, 0.2) is 24.8 Å². The average molecular weight is 243 g/mol. The first-order valence-electron chi connectivity index (χ1n) is 6.33. The molecule has 5 heteroatoms. The first-order valence-corrected chi connectivity index (χ1v) is 6.33. The normalized spacial score (nSPS) is 18.6. The van der Waals surface area contributed by atoms with Crippen LogP contribution < -0.4 is 5.32 Å². The summed E-state index contributed by atoms with van der Waals surface area (Å²) >= 11 is 0. The van der Waals surface area contributed by atoms with Gasteiger partial charge in [0.2, 0.25) is 0 Å². The van der Waals surface area contributed by atoms with Crippen molar-refractivity contribution in [3.05, 3.63) is 41.7 Å². The van der Waals surface area contributed by atoms with E-state index in [0.29, 0.717) is 6.04 Å². The van der Waals surface area contributed by atoms with Gasteiger partial charge in [0.25, 0.3) is 0 Å². The lowest BCUT2D eigenvalue weighted by atomic mass is 9.93. The van der Waals surface area contributed by atoms with Crippen molar-refractivity contribution in [2.75, 3.05) is 0 Å². The molecule has 1 unspecified atom stereocenters. The Hall–Kier alpha value is -1.75. The molecular weight excluding hydrogens is 226 g/mol. The van der Waals surface area contributed by atoms with E-state index in [1.165, 1.54) is 24.1 Å². The molecule has 0 bridgehead atoms. The van der Waals surface area contributed by atoms with Gasteiger partial charge in [-0.1, -0.05) is 0 Å². The Bertz CT molecular complexity index is 519. The van der Waals surface area contributed by atoms with Crippen molar-refractivity contribution in [2.24, 2.45) is 7.05 Å². The Balaban J connectivity index is 1.71. The molecule has 1 N–H and O–H groups in total. The summed E-state index contributed by atoms with van der Waals surface area (Å²) in [5.41, 5.74) is 3.68. The van der Waals surface area contributed by atoms with Crippen molar-refractivity contribution < 1.29 is 0 Å². The van der Waals surface area contributed by atoms with Crippen LogP contribution in [0.25, 0.3) is 0 Å². The maximum Gasteiger partial charge on any atom is 0.0724 e. The Morgan fingerprint density at radius 1 is 1.39 bits per heavy atom. The van der Waals surface area contributed by atoms with Crippen molar-refractivity contribution in [2.45, 2.75) is 31.8 Å². The van der Waals surface area contributed by atoms with Gasteiger partial charge in [-0.15, -0.1) is 0 Å². The first-order chi connectivity index (χ1) is 8.84. The minimum Gasteiger partial charge on any atom is -0.304 e. The summed E-state index contributed by atoms with van der Waals surface area (Å²) in [6.07, 6.45) is 10.7. The molecule has 1 aliphatic carbocycles. The van der Waals surface area contributed by atoms with Crippen molar-refractivity contribution >= 4 is 0 Å². The Labute approximate surface area is 106 Å². The summed E-state index contributed by atoms with van der Waals surface area (Å²) in [4.78, 5) is 8.36. The van der Waals surface area contributed by atoms with Crippen molar-refractivity contribution in [1.29, 1.82) is 0 Å². The molecule has 2 aromatic heterocycles. The standard InChI is InChI=1S/C13H17N5/c1-18-13-4-2-3-12(11(13)9-17-18)16-8-10-7-14-5-6-15-10/h5-7,9,12,16H,2-4,8H2,1H3. The number of nitrogens with one attached hydrogen (secondary N) is 1. The zero-order valence-electron chi connectivity index (χ0n) is 10.5. The third kappa shape index (κ3) is 2.13. The summed E-state index contributed by atoms with van der Waals surface area (Å²) in [6.45, 7) is 0.757. The maximum absolute atomic E-state index is 4.35. The summed E-state index contributed by atoms with van der Waals surface area (Å²) in [7, 11) is 2.02. The zero-order chi connectivity index (χ0) is 12.4. The molecule has 1 atom stereocenters. The Morgan fingerprint density at radius 2 is 2.33 bits per heavy atom. The number of nitrogens with zero attached hydrogens (tertiary/aromatic N) is 4. The van der Waals surface area contributed by atoms with Crippen LogP contribution in [-0.2, 0) is 20.0 Å². The van der Waals surface area contributed by atoms with E-state index in [1.807, 2.05) is 17.9 Å². The van der Waals surface area contributed by atoms with Crippen LogP contribution in [0.1, 0.15) is 35.8 Å². The molecule has 2 heterocycles. The predicted molar refractivity (Wildman–Crippen MR) is 67.8 cm³/mol. The van der Waals surface area contributed by atoms with Crippen molar-refractivity contribution in [3.8, 4) is 0 Å². The average Bonchev–Trinajstić information content (AvgIpc) is 2.80. The fourth-order valence-electron chi connectivity index (χ4n) is 2.57. The molecule has 0 fully saturated rings. The molecule has 2 aromatic rings. The number of aromatic nitrogens is 4. The van der Waals surface area contributed by atoms with Gasteiger partial charge in [-0.2, -0.15) is 5.10 Å². The van der Waals surface area contributed by atoms with Gasteiger partial charge < -0.3 is 5.32 Å². The van der Waals surface area contributed by atoms with Crippen molar-refractivity contribution in [3.63, 3.8) is 0 Å². The molecule has 18 heavy (non-hydrogen) atoms. The largest absolute Gasteiger partial charge is 0.304 e. The molecule has 0 spiro atoms. The summed E-state index contributed by atoms with van der Waals surface area (Å²) in [6, 6.07) is 0.393. The second-order valence-corrected chi connectivity index (χ2v) is 4.69. The second-order valence-electron chi connectivity index (χ2n) is 4.69. The third-order valence-electron chi connectivity index (χ3n) is 3.52.